The summed E-state index contributed by atoms with van der Waals surface area (Å²) < 4.78 is 23.5. The van der Waals surface area contributed by atoms with Gasteiger partial charge in [0.25, 0.3) is 0 Å². The summed E-state index contributed by atoms with van der Waals surface area (Å²) in [7, 11) is 3.31. The largest absolute Gasteiger partial charge is 0.382 e. The zero-order valence-corrected chi connectivity index (χ0v) is 11.3. The number of halogens is 1. The molecule has 102 valence electrons. The smallest absolute Gasteiger partial charge is 0.123 e. The number of methoxy groups -OCH3 is 2. The van der Waals surface area contributed by atoms with Crippen LogP contribution in [0.3, 0.4) is 0 Å². The summed E-state index contributed by atoms with van der Waals surface area (Å²) >= 11 is 0. The Hall–Kier alpha value is -0.970. The van der Waals surface area contributed by atoms with Gasteiger partial charge in [0.15, 0.2) is 0 Å². The molecule has 2 unspecified atom stereocenters. The standard InChI is InChI=1S/C14H22FNO2/c1-4-14(11-6-5-7-12(15)8-11)16-9-13(18-3)10-17-2/h5-8,13-14,16H,4,9-10H2,1-3H3. The van der Waals surface area contributed by atoms with Crippen LogP contribution in [0.15, 0.2) is 24.3 Å². The molecule has 0 saturated carbocycles. The molecular formula is C14H22FNO2. The van der Waals surface area contributed by atoms with Crippen molar-refractivity contribution in [1.29, 1.82) is 0 Å². The first-order chi connectivity index (χ1) is 8.71. The fraction of sp³-hybridized carbons (Fsp3) is 0.571. The maximum atomic E-state index is 13.2. The normalized spacial score (nSPS) is 14.4. The van der Waals surface area contributed by atoms with Crippen LogP contribution < -0.4 is 5.32 Å². The van der Waals surface area contributed by atoms with Crippen molar-refractivity contribution in [2.45, 2.75) is 25.5 Å². The molecule has 0 aliphatic heterocycles. The van der Waals surface area contributed by atoms with Crippen molar-refractivity contribution in [3.63, 3.8) is 0 Å². The molecule has 0 spiro atoms. The van der Waals surface area contributed by atoms with Gasteiger partial charge in [0.1, 0.15) is 5.82 Å². The molecule has 0 bridgehead atoms. The highest BCUT2D eigenvalue weighted by Crippen LogP contribution is 2.17. The molecule has 0 amide bonds. The topological polar surface area (TPSA) is 30.5 Å². The van der Waals surface area contributed by atoms with Crippen molar-refractivity contribution in [1.82, 2.24) is 5.32 Å². The predicted molar refractivity (Wildman–Crippen MR) is 70.1 cm³/mol. The van der Waals surface area contributed by atoms with Gasteiger partial charge in [0.05, 0.1) is 12.7 Å². The van der Waals surface area contributed by atoms with Crippen molar-refractivity contribution >= 4 is 0 Å². The van der Waals surface area contributed by atoms with Crippen molar-refractivity contribution in [3.8, 4) is 0 Å². The zero-order chi connectivity index (χ0) is 13.4. The van der Waals surface area contributed by atoms with Gasteiger partial charge in [-0.15, -0.1) is 0 Å². The number of hydrogen-bond donors (Lipinski definition) is 1. The van der Waals surface area contributed by atoms with Crippen molar-refractivity contribution in [2.24, 2.45) is 0 Å². The van der Waals surface area contributed by atoms with Gasteiger partial charge in [-0.1, -0.05) is 19.1 Å². The summed E-state index contributed by atoms with van der Waals surface area (Å²) in [5.41, 5.74) is 0.963. The molecule has 3 nitrogen and oxygen atoms in total. The molecule has 0 fully saturated rings. The van der Waals surface area contributed by atoms with Crippen LogP contribution in [-0.4, -0.2) is 33.5 Å². The fourth-order valence-corrected chi connectivity index (χ4v) is 1.89. The lowest BCUT2D eigenvalue weighted by Gasteiger charge is -2.21. The average molecular weight is 255 g/mol. The van der Waals surface area contributed by atoms with Crippen LogP contribution in [0.1, 0.15) is 24.9 Å². The molecule has 1 aromatic rings. The minimum absolute atomic E-state index is 0.0117. The second kappa shape index (κ2) is 8.19. The third-order valence-electron chi connectivity index (χ3n) is 2.94. The Balaban J connectivity index is 2.56. The molecule has 2 atom stereocenters. The number of ether oxygens (including phenoxy) is 2. The van der Waals surface area contributed by atoms with E-state index in [2.05, 4.69) is 12.2 Å². The van der Waals surface area contributed by atoms with Crippen molar-refractivity contribution in [2.75, 3.05) is 27.4 Å². The number of rotatable bonds is 8. The van der Waals surface area contributed by atoms with Gasteiger partial charge >= 0.3 is 0 Å². The Morgan fingerprint density at radius 1 is 1.33 bits per heavy atom. The van der Waals surface area contributed by atoms with E-state index in [4.69, 9.17) is 9.47 Å². The minimum atomic E-state index is -0.201. The summed E-state index contributed by atoms with van der Waals surface area (Å²) in [5, 5.41) is 3.38. The average Bonchev–Trinajstić information content (AvgIpc) is 2.38. The molecular weight excluding hydrogens is 233 g/mol. The molecule has 0 aliphatic carbocycles. The quantitative estimate of drug-likeness (QED) is 0.774. The second-order valence-corrected chi connectivity index (χ2v) is 4.24. The molecule has 0 aromatic heterocycles. The highest BCUT2D eigenvalue weighted by atomic mass is 19.1. The van der Waals surface area contributed by atoms with Gasteiger partial charge in [0.2, 0.25) is 0 Å². The zero-order valence-electron chi connectivity index (χ0n) is 11.3. The summed E-state index contributed by atoms with van der Waals surface area (Å²) in [6.45, 7) is 3.29. The third-order valence-corrected chi connectivity index (χ3v) is 2.94. The highest BCUT2D eigenvalue weighted by molar-refractivity contribution is 5.20. The Bertz CT molecular complexity index is 346. The number of nitrogens with one attached hydrogen (secondary N) is 1. The van der Waals surface area contributed by atoms with Crippen LogP contribution in [0.4, 0.5) is 4.39 Å². The Morgan fingerprint density at radius 2 is 2.11 bits per heavy atom. The third kappa shape index (κ3) is 4.72. The lowest BCUT2D eigenvalue weighted by molar-refractivity contribution is 0.0272. The molecule has 1 aromatic carbocycles. The number of hydrogen-bond acceptors (Lipinski definition) is 3. The lowest BCUT2D eigenvalue weighted by atomic mass is 10.0. The van der Waals surface area contributed by atoms with Gasteiger partial charge in [-0.25, -0.2) is 4.39 Å². The van der Waals surface area contributed by atoms with E-state index < -0.39 is 0 Å². The highest BCUT2D eigenvalue weighted by Gasteiger charge is 2.13. The van der Waals surface area contributed by atoms with E-state index in [-0.39, 0.29) is 18.0 Å². The van der Waals surface area contributed by atoms with Crippen molar-refractivity contribution < 1.29 is 13.9 Å². The summed E-state index contributed by atoms with van der Waals surface area (Å²) in [4.78, 5) is 0. The van der Waals surface area contributed by atoms with E-state index in [1.54, 1.807) is 26.4 Å². The molecule has 4 heteroatoms. The molecule has 0 radical (unpaired) electrons. The Kier molecular flexibility index (Phi) is 6.86. The van der Waals surface area contributed by atoms with Gasteiger partial charge in [-0.05, 0) is 24.1 Å². The summed E-state index contributed by atoms with van der Waals surface area (Å²) in [6.07, 6.45) is 0.907. The number of benzene rings is 1. The predicted octanol–water partition coefficient (Wildman–Crippen LogP) is 2.53. The maximum Gasteiger partial charge on any atom is 0.123 e. The van der Waals surface area contributed by atoms with Gasteiger partial charge in [-0.2, -0.15) is 0 Å². The minimum Gasteiger partial charge on any atom is -0.382 e. The first-order valence-electron chi connectivity index (χ1n) is 6.21. The first-order valence-corrected chi connectivity index (χ1v) is 6.21. The lowest BCUT2D eigenvalue weighted by Crippen LogP contribution is -2.34. The summed E-state index contributed by atoms with van der Waals surface area (Å²) in [6, 6.07) is 6.83. The molecule has 0 aliphatic rings. The van der Waals surface area contributed by atoms with Crippen LogP contribution in [0, 0.1) is 5.82 Å². The SMILES string of the molecule is CCC(NCC(COC)OC)c1cccc(F)c1. The second-order valence-electron chi connectivity index (χ2n) is 4.24. The van der Waals surface area contributed by atoms with Crippen molar-refractivity contribution in [3.05, 3.63) is 35.6 Å². The monoisotopic (exact) mass is 255 g/mol. The van der Waals surface area contributed by atoms with E-state index in [0.717, 1.165) is 12.0 Å². The van der Waals surface area contributed by atoms with Gasteiger partial charge < -0.3 is 14.8 Å². The maximum absolute atomic E-state index is 13.2. The van der Waals surface area contributed by atoms with E-state index in [1.165, 1.54) is 6.07 Å². The molecule has 1 rings (SSSR count). The van der Waals surface area contributed by atoms with Crippen LogP contribution in [0.2, 0.25) is 0 Å². The Morgan fingerprint density at radius 3 is 2.67 bits per heavy atom. The molecule has 18 heavy (non-hydrogen) atoms. The van der Waals surface area contributed by atoms with Crippen LogP contribution in [-0.2, 0) is 9.47 Å². The van der Waals surface area contributed by atoms with E-state index >= 15 is 0 Å². The first kappa shape index (κ1) is 15.1. The van der Waals surface area contributed by atoms with Crippen LogP contribution in [0.25, 0.3) is 0 Å². The van der Waals surface area contributed by atoms with Crippen LogP contribution in [0.5, 0.6) is 0 Å². The van der Waals surface area contributed by atoms with Crippen LogP contribution >= 0.6 is 0 Å². The van der Waals surface area contributed by atoms with E-state index in [1.807, 2.05) is 6.07 Å². The van der Waals surface area contributed by atoms with E-state index in [9.17, 15) is 4.39 Å². The van der Waals surface area contributed by atoms with Gasteiger partial charge in [-0.3, -0.25) is 0 Å². The molecule has 0 heterocycles. The van der Waals surface area contributed by atoms with Gasteiger partial charge in [0, 0.05) is 26.8 Å². The Labute approximate surface area is 108 Å². The summed E-state index contributed by atoms with van der Waals surface area (Å²) in [5.74, 6) is -0.201. The molecule has 0 saturated heterocycles. The molecule has 1 N–H and O–H groups in total. The van der Waals surface area contributed by atoms with E-state index in [0.29, 0.717) is 13.2 Å². The fourth-order valence-electron chi connectivity index (χ4n) is 1.89.